The van der Waals surface area contributed by atoms with Gasteiger partial charge in [0.15, 0.2) is 0 Å². The lowest BCUT2D eigenvalue weighted by Crippen LogP contribution is -2.50. The number of thiophene rings is 1. The van der Waals surface area contributed by atoms with Gasteiger partial charge in [-0.15, -0.1) is 11.3 Å². The van der Waals surface area contributed by atoms with Gasteiger partial charge in [-0.05, 0) is 35.0 Å². The smallest absolute Gasteiger partial charge is 0.261 e. The third-order valence-electron chi connectivity index (χ3n) is 2.89. The lowest BCUT2D eigenvalue weighted by Gasteiger charge is -2.33. The van der Waals surface area contributed by atoms with Crippen molar-refractivity contribution in [2.75, 3.05) is 26.3 Å². The molecule has 1 fully saturated rings. The number of carbonyl (C=O) groups is 2. The van der Waals surface area contributed by atoms with E-state index in [0.29, 0.717) is 24.6 Å². The van der Waals surface area contributed by atoms with Gasteiger partial charge in [-0.2, -0.15) is 0 Å². The Morgan fingerprint density at radius 2 is 2.37 bits per heavy atom. The summed E-state index contributed by atoms with van der Waals surface area (Å²) >= 11 is 4.64. The molecular weight excluding hydrogens is 332 g/mol. The Bertz CT molecular complexity index is 477. The number of rotatable bonds is 3. The lowest BCUT2D eigenvalue weighted by molar-refractivity contribution is -0.137. The highest BCUT2D eigenvalue weighted by Crippen LogP contribution is 2.21. The molecule has 104 valence electrons. The molecule has 2 amide bonds. The summed E-state index contributed by atoms with van der Waals surface area (Å²) in [4.78, 5) is 26.1. The quantitative estimate of drug-likeness (QED) is 0.901. The topological polar surface area (TPSA) is 58.6 Å². The number of hydrogen-bond donors (Lipinski definition) is 1. The summed E-state index contributed by atoms with van der Waals surface area (Å²) in [6, 6.07) is 3.60. The molecule has 0 aliphatic carbocycles. The first kappa shape index (κ1) is 14.5. The molecule has 0 spiro atoms. The first-order valence-electron chi connectivity index (χ1n) is 5.98. The number of carbonyl (C=O) groups excluding carboxylic acids is 2. The van der Waals surface area contributed by atoms with E-state index < -0.39 is 0 Å². The van der Waals surface area contributed by atoms with Crippen LogP contribution in [-0.4, -0.2) is 49.1 Å². The number of halogens is 1. The van der Waals surface area contributed by atoms with Crippen LogP contribution in [0.5, 0.6) is 0 Å². The molecule has 0 saturated carbocycles. The first-order chi connectivity index (χ1) is 9.08. The molecular formula is C12H15BrN2O3S. The zero-order valence-electron chi connectivity index (χ0n) is 10.5. The molecule has 5 nitrogen and oxygen atoms in total. The molecule has 1 aromatic rings. The molecule has 7 heteroatoms. The predicted octanol–water partition coefficient (Wildman–Crippen LogP) is 1.49. The van der Waals surface area contributed by atoms with Crippen LogP contribution >= 0.6 is 27.3 Å². The van der Waals surface area contributed by atoms with E-state index in [1.807, 2.05) is 13.0 Å². The van der Waals surface area contributed by atoms with Crippen LogP contribution in [0.1, 0.15) is 16.6 Å². The van der Waals surface area contributed by atoms with E-state index >= 15 is 0 Å². The van der Waals surface area contributed by atoms with Crippen LogP contribution in [0.2, 0.25) is 0 Å². The number of nitrogens with one attached hydrogen (secondary N) is 1. The zero-order valence-corrected chi connectivity index (χ0v) is 12.9. The maximum Gasteiger partial charge on any atom is 0.261 e. The van der Waals surface area contributed by atoms with Gasteiger partial charge in [0.2, 0.25) is 5.91 Å². The minimum atomic E-state index is -0.218. The predicted molar refractivity (Wildman–Crippen MR) is 76.3 cm³/mol. The van der Waals surface area contributed by atoms with E-state index in [-0.39, 0.29) is 24.4 Å². The van der Waals surface area contributed by atoms with E-state index in [0.717, 1.165) is 3.79 Å². The second kappa shape index (κ2) is 6.49. The summed E-state index contributed by atoms with van der Waals surface area (Å²) in [5, 5.41) is 2.65. The van der Waals surface area contributed by atoms with Crippen molar-refractivity contribution in [3.8, 4) is 0 Å². The molecule has 1 aliphatic heterocycles. The summed E-state index contributed by atoms with van der Waals surface area (Å²) in [5.41, 5.74) is 0. The summed E-state index contributed by atoms with van der Waals surface area (Å²) in [5.74, 6) is -0.287. The van der Waals surface area contributed by atoms with Crippen molar-refractivity contribution in [3.05, 3.63) is 20.8 Å². The first-order valence-corrected chi connectivity index (χ1v) is 7.59. The summed E-state index contributed by atoms with van der Waals surface area (Å²) in [7, 11) is 0. The molecule has 1 saturated heterocycles. The van der Waals surface area contributed by atoms with Crippen LogP contribution in [0.4, 0.5) is 0 Å². The highest BCUT2D eigenvalue weighted by Gasteiger charge is 2.23. The van der Waals surface area contributed by atoms with Crippen molar-refractivity contribution in [3.63, 3.8) is 0 Å². The Balaban J connectivity index is 1.84. The normalized spacial score (nSPS) is 19.3. The molecule has 2 heterocycles. The van der Waals surface area contributed by atoms with Crippen molar-refractivity contribution in [2.24, 2.45) is 0 Å². The largest absolute Gasteiger partial charge is 0.377 e. The van der Waals surface area contributed by atoms with Crippen LogP contribution < -0.4 is 5.32 Å². The van der Waals surface area contributed by atoms with Gasteiger partial charge in [-0.25, -0.2) is 0 Å². The maximum absolute atomic E-state index is 12.0. The van der Waals surface area contributed by atoms with Gasteiger partial charge < -0.3 is 15.0 Å². The number of hydrogen-bond acceptors (Lipinski definition) is 4. The monoisotopic (exact) mass is 346 g/mol. The van der Waals surface area contributed by atoms with Gasteiger partial charge >= 0.3 is 0 Å². The van der Waals surface area contributed by atoms with Crippen molar-refractivity contribution in [1.82, 2.24) is 10.2 Å². The second-order valence-corrected chi connectivity index (χ2v) is 6.76. The zero-order chi connectivity index (χ0) is 13.8. The molecule has 1 aliphatic rings. The molecule has 0 unspecified atom stereocenters. The SMILES string of the molecule is C[C@H]1COCCN1C(=O)CNC(=O)c1ccc(Br)s1. The van der Waals surface area contributed by atoms with Gasteiger partial charge in [-0.1, -0.05) is 0 Å². The van der Waals surface area contributed by atoms with E-state index in [1.165, 1.54) is 11.3 Å². The minimum absolute atomic E-state index is 0.0265. The fourth-order valence-corrected chi connectivity index (χ4v) is 3.18. The van der Waals surface area contributed by atoms with Crippen LogP contribution in [0.3, 0.4) is 0 Å². The standard InChI is InChI=1S/C12H15BrN2O3S/c1-8-7-18-5-4-15(8)11(16)6-14-12(17)9-2-3-10(13)19-9/h2-3,8H,4-7H2,1H3,(H,14,17)/t8-/m0/s1. The van der Waals surface area contributed by atoms with Gasteiger partial charge in [0.25, 0.3) is 5.91 Å². The highest BCUT2D eigenvalue weighted by atomic mass is 79.9. The Kier molecular flexibility index (Phi) is 4.95. The molecule has 1 aromatic heterocycles. The Hall–Kier alpha value is -0.920. The molecule has 0 bridgehead atoms. The van der Waals surface area contributed by atoms with Gasteiger partial charge in [-0.3, -0.25) is 9.59 Å². The van der Waals surface area contributed by atoms with Crippen molar-refractivity contribution in [1.29, 1.82) is 0 Å². The molecule has 0 radical (unpaired) electrons. The Morgan fingerprint density at radius 3 is 3.00 bits per heavy atom. The van der Waals surface area contributed by atoms with Gasteiger partial charge in [0.1, 0.15) is 0 Å². The Morgan fingerprint density at radius 1 is 1.58 bits per heavy atom. The van der Waals surface area contributed by atoms with E-state index in [4.69, 9.17) is 4.74 Å². The number of morpholine rings is 1. The number of nitrogens with zero attached hydrogens (tertiary/aromatic N) is 1. The third-order valence-corrected chi connectivity index (χ3v) is 4.51. The molecule has 19 heavy (non-hydrogen) atoms. The average molecular weight is 347 g/mol. The lowest BCUT2D eigenvalue weighted by atomic mass is 10.2. The average Bonchev–Trinajstić information content (AvgIpc) is 2.83. The van der Waals surface area contributed by atoms with Crippen molar-refractivity contribution >= 4 is 39.1 Å². The number of amides is 2. The van der Waals surface area contributed by atoms with E-state index in [9.17, 15) is 9.59 Å². The van der Waals surface area contributed by atoms with Crippen LogP contribution in [0.15, 0.2) is 15.9 Å². The number of ether oxygens (including phenoxy) is 1. The third kappa shape index (κ3) is 3.77. The highest BCUT2D eigenvalue weighted by molar-refractivity contribution is 9.11. The van der Waals surface area contributed by atoms with Crippen LogP contribution in [0.25, 0.3) is 0 Å². The molecule has 2 rings (SSSR count). The van der Waals surface area contributed by atoms with Crippen molar-refractivity contribution in [2.45, 2.75) is 13.0 Å². The minimum Gasteiger partial charge on any atom is -0.377 e. The van der Waals surface area contributed by atoms with Crippen LogP contribution in [0, 0.1) is 0 Å². The molecule has 1 N–H and O–H groups in total. The summed E-state index contributed by atoms with van der Waals surface area (Å²) < 4.78 is 6.17. The van der Waals surface area contributed by atoms with Gasteiger partial charge in [0, 0.05) is 6.54 Å². The fraction of sp³-hybridized carbons (Fsp3) is 0.500. The maximum atomic E-state index is 12.0. The van der Waals surface area contributed by atoms with E-state index in [1.54, 1.807) is 11.0 Å². The molecule has 1 atom stereocenters. The fourth-order valence-electron chi connectivity index (χ4n) is 1.88. The van der Waals surface area contributed by atoms with E-state index in [2.05, 4.69) is 21.2 Å². The Labute approximate surface area is 124 Å². The summed E-state index contributed by atoms with van der Waals surface area (Å²) in [6.45, 7) is 3.66. The van der Waals surface area contributed by atoms with Crippen molar-refractivity contribution < 1.29 is 14.3 Å². The summed E-state index contributed by atoms with van der Waals surface area (Å²) in [6.07, 6.45) is 0. The second-order valence-electron chi connectivity index (χ2n) is 4.30. The van der Waals surface area contributed by atoms with Crippen LogP contribution in [-0.2, 0) is 9.53 Å². The van der Waals surface area contributed by atoms with Gasteiger partial charge in [0.05, 0.1) is 34.5 Å². The molecule has 0 aromatic carbocycles.